The van der Waals surface area contributed by atoms with Crippen LogP contribution in [0.1, 0.15) is 53.9 Å². The summed E-state index contributed by atoms with van der Waals surface area (Å²) in [5.41, 5.74) is 1.02. The average Bonchev–Trinajstić information content (AvgIpc) is 2.93. The molecule has 3 aliphatic rings. The third-order valence-corrected chi connectivity index (χ3v) is 7.15. The van der Waals surface area contributed by atoms with Gasteiger partial charge in [0.2, 0.25) is 5.91 Å². The van der Waals surface area contributed by atoms with Crippen LogP contribution in [0.4, 0.5) is 0 Å². The summed E-state index contributed by atoms with van der Waals surface area (Å²) >= 11 is 0. The molecule has 1 amide bonds. The Labute approximate surface area is 174 Å². The molecule has 0 bridgehead atoms. The van der Waals surface area contributed by atoms with Gasteiger partial charge in [0.25, 0.3) is 0 Å². The molecule has 1 heterocycles. The summed E-state index contributed by atoms with van der Waals surface area (Å²) in [6.45, 7) is 10.4. The Morgan fingerprint density at radius 1 is 1.21 bits per heavy atom. The lowest BCUT2D eigenvalue weighted by Crippen LogP contribution is -2.51. The molecular weight excluding hydrogens is 366 g/mol. The summed E-state index contributed by atoms with van der Waals surface area (Å²) in [4.78, 5) is 27.1. The van der Waals surface area contributed by atoms with Gasteiger partial charge in [-0.15, -0.1) is 0 Å². The second-order valence-corrected chi connectivity index (χ2v) is 9.66. The van der Waals surface area contributed by atoms with E-state index in [2.05, 4.69) is 39.1 Å². The monoisotopic (exact) mass is 401 g/mol. The van der Waals surface area contributed by atoms with Crippen LogP contribution in [0.25, 0.3) is 0 Å². The van der Waals surface area contributed by atoms with E-state index in [0.29, 0.717) is 18.8 Å². The normalized spacial score (nSPS) is 43.4. The van der Waals surface area contributed by atoms with E-state index >= 15 is 0 Å². The quantitative estimate of drug-likeness (QED) is 0.490. The molecule has 2 aliphatic carbocycles. The molecule has 160 valence electrons. The SMILES string of the molecule is CC1=C[C@@H]2/C=C(\C)CC[C@H](O)[C@H](O)/C=C/C(=O)[C@]23C(=O)N[C@H](CC(C)C)[C@H]3[C@H]1C. The highest BCUT2D eigenvalue weighted by Gasteiger charge is 2.64. The van der Waals surface area contributed by atoms with Crippen molar-refractivity contribution in [1.82, 2.24) is 5.32 Å². The third-order valence-electron chi connectivity index (χ3n) is 7.15. The Morgan fingerprint density at radius 2 is 1.90 bits per heavy atom. The molecule has 0 aromatic carbocycles. The first kappa shape index (κ1) is 22.0. The molecule has 1 aliphatic heterocycles. The zero-order chi connectivity index (χ0) is 21.5. The van der Waals surface area contributed by atoms with Crippen LogP contribution in [0.15, 0.2) is 35.5 Å². The van der Waals surface area contributed by atoms with E-state index in [1.807, 2.05) is 13.0 Å². The lowest BCUT2D eigenvalue weighted by Gasteiger charge is -2.44. The van der Waals surface area contributed by atoms with Crippen LogP contribution in [0.5, 0.6) is 0 Å². The second kappa shape index (κ2) is 8.19. The van der Waals surface area contributed by atoms with Crippen molar-refractivity contribution in [2.45, 2.75) is 72.1 Å². The number of hydrogen-bond acceptors (Lipinski definition) is 4. The van der Waals surface area contributed by atoms with Gasteiger partial charge in [0.1, 0.15) is 5.41 Å². The summed E-state index contributed by atoms with van der Waals surface area (Å²) in [5.74, 6) is -0.455. The fourth-order valence-corrected chi connectivity index (χ4v) is 5.53. The number of carbonyl (C=O) groups excluding carboxylic acids is 2. The minimum absolute atomic E-state index is 0.0599. The molecule has 0 aromatic heterocycles. The molecule has 1 fully saturated rings. The van der Waals surface area contributed by atoms with Crippen molar-refractivity contribution in [3.8, 4) is 0 Å². The minimum Gasteiger partial charge on any atom is -0.390 e. The maximum absolute atomic E-state index is 13.6. The highest BCUT2D eigenvalue weighted by Crippen LogP contribution is 2.55. The molecule has 0 aromatic rings. The number of carbonyl (C=O) groups is 2. The van der Waals surface area contributed by atoms with Crippen molar-refractivity contribution < 1.29 is 19.8 Å². The van der Waals surface area contributed by atoms with Crippen molar-refractivity contribution in [2.24, 2.45) is 29.1 Å². The zero-order valence-corrected chi connectivity index (χ0v) is 18.2. The maximum atomic E-state index is 13.6. The van der Waals surface area contributed by atoms with Crippen molar-refractivity contribution >= 4 is 11.7 Å². The summed E-state index contributed by atoms with van der Waals surface area (Å²) in [7, 11) is 0. The van der Waals surface area contributed by atoms with E-state index in [1.165, 1.54) is 17.7 Å². The van der Waals surface area contributed by atoms with Crippen LogP contribution in [0.2, 0.25) is 0 Å². The number of allylic oxidation sites excluding steroid dienone is 5. The van der Waals surface area contributed by atoms with E-state index in [4.69, 9.17) is 0 Å². The van der Waals surface area contributed by atoms with Gasteiger partial charge in [-0.1, -0.05) is 50.1 Å². The fraction of sp³-hybridized carbons (Fsp3) is 0.667. The van der Waals surface area contributed by atoms with Crippen molar-refractivity contribution in [3.05, 3.63) is 35.5 Å². The average molecular weight is 402 g/mol. The number of ketones is 1. The summed E-state index contributed by atoms with van der Waals surface area (Å²) in [6.07, 6.45) is 6.60. The van der Waals surface area contributed by atoms with Gasteiger partial charge in [-0.25, -0.2) is 0 Å². The first-order valence-corrected chi connectivity index (χ1v) is 10.8. The Bertz CT molecular complexity index is 765. The van der Waals surface area contributed by atoms with Crippen molar-refractivity contribution in [3.63, 3.8) is 0 Å². The highest BCUT2D eigenvalue weighted by atomic mass is 16.3. The molecule has 1 spiro atoms. The van der Waals surface area contributed by atoms with Gasteiger partial charge >= 0.3 is 0 Å². The van der Waals surface area contributed by atoms with Gasteiger partial charge in [-0.2, -0.15) is 0 Å². The largest absolute Gasteiger partial charge is 0.390 e. The zero-order valence-electron chi connectivity index (χ0n) is 18.2. The van der Waals surface area contributed by atoms with Crippen molar-refractivity contribution in [1.29, 1.82) is 0 Å². The number of rotatable bonds is 2. The predicted molar refractivity (Wildman–Crippen MR) is 113 cm³/mol. The van der Waals surface area contributed by atoms with E-state index < -0.39 is 17.6 Å². The molecule has 29 heavy (non-hydrogen) atoms. The molecule has 3 rings (SSSR count). The van der Waals surface area contributed by atoms with E-state index in [1.54, 1.807) is 0 Å². The second-order valence-electron chi connectivity index (χ2n) is 9.66. The first-order chi connectivity index (χ1) is 13.6. The fourth-order valence-electron chi connectivity index (χ4n) is 5.53. The van der Waals surface area contributed by atoms with Crippen molar-refractivity contribution in [2.75, 3.05) is 0 Å². The number of aliphatic hydroxyl groups excluding tert-OH is 2. The van der Waals surface area contributed by atoms with Crippen LogP contribution in [-0.2, 0) is 9.59 Å². The predicted octanol–water partition coefficient (Wildman–Crippen LogP) is 2.93. The third kappa shape index (κ3) is 3.75. The van der Waals surface area contributed by atoms with Gasteiger partial charge in [-0.05, 0) is 51.0 Å². The Morgan fingerprint density at radius 3 is 2.55 bits per heavy atom. The van der Waals surface area contributed by atoms with Crippen LogP contribution in [0, 0.1) is 29.1 Å². The lowest BCUT2D eigenvalue weighted by atomic mass is 9.55. The van der Waals surface area contributed by atoms with Gasteiger partial charge in [0, 0.05) is 17.9 Å². The number of aliphatic hydroxyl groups is 2. The number of hydrogen-bond donors (Lipinski definition) is 3. The van der Waals surface area contributed by atoms with Crippen LogP contribution in [0.3, 0.4) is 0 Å². The molecule has 5 nitrogen and oxygen atoms in total. The Hall–Kier alpha value is -1.72. The standard InChI is InChI=1S/C24H35NO4/c1-13(2)10-18-22-16(5)15(4)12-17-11-14(3)6-7-19(26)20(27)8-9-21(28)24(17,22)23(29)25-18/h8-9,11-13,16-20,22,26-27H,6-7,10H2,1-5H3,(H,25,29)/b9-8+,14-11+/t16-,17-,18+,19-,20+,22+,24+/m0/s1. The smallest absolute Gasteiger partial charge is 0.235 e. The Kier molecular flexibility index (Phi) is 6.21. The molecule has 5 heteroatoms. The molecule has 3 N–H and O–H groups in total. The molecular formula is C24H35NO4. The maximum Gasteiger partial charge on any atom is 0.235 e. The molecule has 1 saturated heterocycles. The number of amides is 1. The van der Waals surface area contributed by atoms with Gasteiger partial charge < -0.3 is 15.5 Å². The molecule has 7 atom stereocenters. The van der Waals surface area contributed by atoms with E-state index in [-0.39, 0.29) is 35.5 Å². The van der Waals surface area contributed by atoms with Gasteiger partial charge in [0.05, 0.1) is 12.2 Å². The summed E-state index contributed by atoms with van der Waals surface area (Å²) in [6, 6.07) is -0.0599. The van der Waals surface area contributed by atoms with E-state index in [9.17, 15) is 19.8 Å². The van der Waals surface area contributed by atoms with Crippen LogP contribution in [-0.4, -0.2) is 40.2 Å². The molecule has 0 unspecified atom stereocenters. The van der Waals surface area contributed by atoms with Crippen LogP contribution >= 0.6 is 0 Å². The highest BCUT2D eigenvalue weighted by molar-refractivity contribution is 6.13. The Balaban J connectivity index is 2.20. The summed E-state index contributed by atoms with van der Waals surface area (Å²) < 4.78 is 0. The number of nitrogens with one attached hydrogen (secondary N) is 1. The summed E-state index contributed by atoms with van der Waals surface area (Å²) in [5, 5.41) is 23.6. The molecule has 0 radical (unpaired) electrons. The molecule has 0 saturated carbocycles. The lowest BCUT2D eigenvalue weighted by molar-refractivity contribution is -0.142. The van der Waals surface area contributed by atoms with E-state index in [0.717, 1.165) is 12.0 Å². The topological polar surface area (TPSA) is 86.6 Å². The first-order valence-electron chi connectivity index (χ1n) is 10.8. The van der Waals surface area contributed by atoms with Gasteiger partial charge in [0.15, 0.2) is 5.78 Å². The minimum atomic E-state index is -1.20. The van der Waals surface area contributed by atoms with Gasteiger partial charge in [-0.3, -0.25) is 9.59 Å². The van der Waals surface area contributed by atoms with Crippen LogP contribution < -0.4 is 5.32 Å².